The highest BCUT2D eigenvalue weighted by Gasteiger charge is 2.26. The van der Waals surface area contributed by atoms with Crippen LogP contribution in [0.5, 0.6) is 0 Å². The number of nitrogens with one attached hydrogen (secondary N) is 2. The average molecular weight is 573 g/mol. The van der Waals surface area contributed by atoms with E-state index in [4.69, 9.17) is 0 Å². The van der Waals surface area contributed by atoms with Gasteiger partial charge in [-0.2, -0.15) is 0 Å². The summed E-state index contributed by atoms with van der Waals surface area (Å²) in [5.41, 5.74) is 5.45. The zero-order valence-corrected chi connectivity index (χ0v) is 24.4. The predicted molar refractivity (Wildman–Crippen MR) is 163 cm³/mol. The summed E-state index contributed by atoms with van der Waals surface area (Å²) < 4.78 is 0. The number of nitrogens with zero attached hydrogens (tertiary/aromatic N) is 3. The second kappa shape index (κ2) is 15.5. The molecule has 39 heavy (non-hydrogen) atoms. The molecule has 0 unspecified atom stereocenters. The second-order valence-corrected chi connectivity index (χ2v) is 9.74. The Morgan fingerprint density at radius 2 is 1.44 bits per heavy atom. The van der Waals surface area contributed by atoms with Gasteiger partial charge in [0, 0.05) is 45.0 Å². The molecule has 0 radical (unpaired) electrons. The lowest BCUT2D eigenvalue weighted by molar-refractivity contribution is -0.145. The molecule has 3 aromatic carbocycles. The zero-order chi connectivity index (χ0) is 26.2. The molecular formula is C30H39Cl2N5O2. The van der Waals surface area contributed by atoms with Crippen LogP contribution < -0.4 is 15.5 Å². The molecule has 2 N–H and O–H groups in total. The zero-order valence-electron chi connectivity index (χ0n) is 22.8. The lowest BCUT2D eigenvalue weighted by atomic mass is 10.0. The normalized spacial score (nSPS) is 12.2. The van der Waals surface area contributed by atoms with E-state index in [1.165, 1.54) is 11.1 Å². The summed E-state index contributed by atoms with van der Waals surface area (Å²) >= 11 is 0. The van der Waals surface area contributed by atoms with Gasteiger partial charge in [-0.3, -0.25) is 14.6 Å². The number of carbonyl (C=O) groups excluding carboxylic acids is 2. The van der Waals surface area contributed by atoms with Gasteiger partial charge in [0.05, 0.1) is 13.1 Å². The van der Waals surface area contributed by atoms with Crippen LogP contribution in [0.1, 0.15) is 25.0 Å². The molecule has 2 amide bonds. The van der Waals surface area contributed by atoms with E-state index in [2.05, 4.69) is 48.7 Å². The Balaban J connectivity index is 0.00000267. The molecule has 9 heteroatoms. The molecule has 3 aromatic rings. The molecule has 4 rings (SSSR count). The van der Waals surface area contributed by atoms with Crippen molar-refractivity contribution in [1.82, 2.24) is 20.7 Å². The molecule has 210 valence electrons. The molecule has 0 saturated heterocycles. The van der Waals surface area contributed by atoms with Crippen molar-refractivity contribution in [2.45, 2.75) is 33.0 Å². The highest BCUT2D eigenvalue weighted by molar-refractivity contribution is 5.87. The first kappa shape index (κ1) is 32.1. The number of hydrogen-bond acceptors (Lipinski definition) is 5. The van der Waals surface area contributed by atoms with E-state index < -0.39 is 0 Å². The molecule has 1 aliphatic rings. The Morgan fingerprint density at radius 1 is 0.821 bits per heavy atom. The summed E-state index contributed by atoms with van der Waals surface area (Å²) in [4.78, 5) is 28.2. The van der Waals surface area contributed by atoms with Crippen LogP contribution in [0.3, 0.4) is 0 Å². The molecule has 1 aliphatic heterocycles. The smallest absolute Gasteiger partial charge is 0.256 e. The van der Waals surface area contributed by atoms with E-state index in [0.29, 0.717) is 32.2 Å². The fourth-order valence-electron chi connectivity index (χ4n) is 4.49. The lowest BCUT2D eigenvalue weighted by Crippen LogP contribution is -2.48. The maximum Gasteiger partial charge on any atom is 0.256 e. The lowest BCUT2D eigenvalue weighted by Gasteiger charge is -2.31. The predicted octanol–water partition coefficient (Wildman–Crippen LogP) is 4.51. The maximum absolute atomic E-state index is 13.4. The first-order chi connectivity index (χ1) is 17.9. The van der Waals surface area contributed by atoms with Crippen molar-refractivity contribution in [2.75, 3.05) is 38.1 Å². The van der Waals surface area contributed by atoms with Crippen molar-refractivity contribution >= 4 is 42.3 Å². The van der Waals surface area contributed by atoms with Gasteiger partial charge in [0.25, 0.3) is 5.91 Å². The molecule has 0 spiro atoms. The standard InChI is InChI=1S/C30H37N5O2.2ClH/c1-23(2)31-16-17-32-29(36)21-34(28-15-9-14-25(18-28)24-10-5-4-6-11-24)22-30(37)33(3)35-19-26-12-7-8-13-27(26)20-35;;/h4-15,18,23,31H,16-17,19-22H2,1-3H3,(H,32,36);2*1H. The van der Waals surface area contributed by atoms with E-state index in [9.17, 15) is 9.59 Å². The number of hydrogen-bond donors (Lipinski definition) is 2. The number of carbonyl (C=O) groups is 2. The van der Waals surface area contributed by atoms with Crippen molar-refractivity contribution in [1.29, 1.82) is 0 Å². The first-order valence-corrected chi connectivity index (χ1v) is 12.9. The van der Waals surface area contributed by atoms with Crippen LogP contribution in [-0.4, -0.2) is 61.1 Å². The van der Waals surface area contributed by atoms with E-state index in [-0.39, 0.29) is 49.7 Å². The van der Waals surface area contributed by atoms with E-state index in [1.54, 1.807) is 5.01 Å². The van der Waals surface area contributed by atoms with Crippen LogP contribution in [0.2, 0.25) is 0 Å². The van der Waals surface area contributed by atoms with Crippen molar-refractivity contribution in [3.63, 3.8) is 0 Å². The molecule has 0 fully saturated rings. The summed E-state index contributed by atoms with van der Waals surface area (Å²) in [7, 11) is 1.81. The Morgan fingerprint density at radius 3 is 2.08 bits per heavy atom. The van der Waals surface area contributed by atoms with E-state index >= 15 is 0 Å². The molecule has 0 aromatic heterocycles. The van der Waals surface area contributed by atoms with Crippen LogP contribution >= 0.6 is 24.8 Å². The van der Waals surface area contributed by atoms with Crippen molar-refractivity contribution < 1.29 is 9.59 Å². The number of hydrazine groups is 1. The molecule has 1 heterocycles. The largest absolute Gasteiger partial charge is 0.353 e. The first-order valence-electron chi connectivity index (χ1n) is 12.9. The third-order valence-electron chi connectivity index (χ3n) is 6.59. The Labute approximate surface area is 244 Å². The fourth-order valence-corrected chi connectivity index (χ4v) is 4.49. The van der Waals surface area contributed by atoms with Gasteiger partial charge in [-0.1, -0.05) is 80.6 Å². The number of benzene rings is 3. The van der Waals surface area contributed by atoms with Crippen LogP contribution in [0.15, 0.2) is 78.9 Å². The van der Waals surface area contributed by atoms with Gasteiger partial charge in [0.1, 0.15) is 0 Å². The summed E-state index contributed by atoms with van der Waals surface area (Å²) in [6.45, 7) is 6.98. The van der Waals surface area contributed by atoms with Crippen molar-refractivity contribution in [3.8, 4) is 11.1 Å². The molecule has 7 nitrogen and oxygen atoms in total. The topological polar surface area (TPSA) is 67.9 Å². The number of anilines is 1. The van der Waals surface area contributed by atoms with Crippen molar-refractivity contribution in [3.05, 3.63) is 90.0 Å². The SMILES string of the molecule is CC(C)NCCNC(=O)CN(CC(=O)N(C)N1Cc2ccccc2C1)c1cccc(-c2ccccc2)c1.Cl.Cl. The van der Waals surface area contributed by atoms with Gasteiger partial charge >= 0.3 is 0 Å². The van der Waals surface area contributed by atoms with Gasteiger partial charge < -0.3 is 15.5 Å². The average Bonchev–Trinajstić information content (AvgIpc) is 3.35. The second-order valence-electron chi connectivity index (χ2n) is 9.74. The van der Waals surface area contributed by atoms with Crippen LogP contribution in [0.4, 0.5) is 5.69 Å². The maximum atomic E-state index is 13.4. The molecule has 0 atom stereocenters. The monoisotopic (exact) mass is 571 g/mol. The molecule has 0 saturated carbocycles. The summed E-state index contributed by atoms with van der Waals surface area (Å²) in [5.74, 6) is -0.174. The molecular weight excluding hydrogens is 533 g/mol. The molecule has 0 bridgehead atoms. The van der Waals surface area contributed by atoms with Gasteiger partial charge in [-0.15, -0.1) is 24.8 Å². The quantitative estimate of drug-likeness (QED) is 0.331. The van der Waals surface area contributed by atoms with Crippen LogP contribution in [0.25, 0.3) is 11.1 Å². The fraction of sp³-hybridized carbons (Fsp3) is 0.333. The number of rotatable bonds is 11. The number of halogens is 2. The summed E-state index contributed by atoms with van der Waals surface area (Å²) in [5, 5.41) is 10.0. The Kier molecular flexibility index (Phi) is 12.7. The van der Waals surface area contributed by atoms with Gasteiger partial charge in [-0.25, -0.2) is 5.01 Å². The minimum Gasteiger partial charge on any atom is -0.353 e. The van der Waals surface area contributed by atoms with E-state index in [0.717, 1.165) is 16.8 Å². The summed E-state index contributed by atoms with van der Waals surface area (Å²) in [6, 6.07) is 26.8. The summed E-state index contributed by atoms with van der Waals surface area (Å²) in [6.07, 6.45) is 0. The third kappa shape index (κ3) is 8.97. The highest BCUT2D eigenvalue weighted by atomic mass is 35.5. The van der Waals surface area contributed by atoms with Crippen molar-refractivity contribution in [2.24, 2.45) is 0 Å². The van der Waals surface area contributed by atoms with Gasteiger partial charge in [0.15, 0.2) is 0 Å². The Bertz CT molecular complexity index is 1180. The minimum atomic E-state index is -0.111. The van der Waals surface area contributed by atoms with Gasteiger partial charge in [0.2, 0.25) is 5.91 Å². The highest BCUT2D eigenvalue weighted by Crippen LogP contribution is 2.26. The number of amides is 2. The molecule has 0 aliphatic carbocycles. The minimum absolute atomic E-state index is 0. The number of fused-ring (bicyclic) bond motifs is 1. The number of likely N-dealkylation sites (N-methyl/N-ethyl adjacent to an activating group) is 1. The van der Waals surface area contributed by atoms with Gasteiger partial charge in [-0.05, 0) is 34.4 Å². The van der Waals surface area contributed by atoms with Crippen LogP contribution in [0, 0.1) is 0 Å². The Hall–Kier alpha value is -3.10. The van der Waals surface area contributed by atoms with Crippen LogP contribution in [-0.2, 0) is 22.7 Å². The third-order valence-corrected chi connectivity index (χ3v) is 6.59. The van der Waals surface area contributed by atoms with E-state index in [1.807, 2.05) is 71.6 Å².